The molecular weight excluding hydrogens is 228 g/mol. The SMILES string of the molecule is CC.CC.CC1CCCCC1.Cc1ccc(C)cc1. The lowest BCUT2D eigenvalue weighted by molar-refractivity contribution is 0.385. The van der Waals surface area contributed by atoms with Crippen LogP contribution in [-0.2, 0) is 0 Å². The van der Waals surface area contributed by atoms with Crippen LogP contribution in [0.3, 0.4) is 0 Å². The van der Waals surface area contributed by atoms with Crippen molar-refractivity contribution in [3.05, 3.63) is 35.4 Å². The third-order valence-electron chi connectivity index (χ3n) is 3.11. The molecule has 0 aliphatic heterocycles. The fourth-order valence-electron chi connectivity index (χ4n) is 1.94. The molecule has 1 fully saturated rings. The zero-order valence-corrected chi connectivity index (χ0v) is 14.4. The number of rotatable bonds is 0. The van der Waals surface area contributed by atoms with Gasteiger partial charge in [-0.15, -0.1) is 0 Å². The van der Waals surface area contributed by atoms with E-state index < -0.39 is 0 Å². The molecule has 0 unspecified atom stereocenters. The topological polar surface area (TPSA) is 0 Å². The van der Waals surface area contributed by atoms with Crippen molar-refractivity contribution in [2.75, 3.05) is 0 Å². The average Bonchev–Trinajstić information content (AvgIpc) is 2.48. The van der Waals surface area contributed by atoms with E-state index in [4.69, 9.17) is 0 Å². The van der Waals surface area contributed by atoms with Crippen LogP contribution in [0.1, 0.15) is 77.8 Å². The van der Waals surface area contributed by atoms with E-state index in [-0.39, 0.29) is 0 Å². The second-order valence-corrected chi connectivity index (χ2v) is 4.90. The van der Waals surface area contributed by atoms with Gasteiger partial charge in [-0.2, -0.15) is 0 Å². The zero-order valence-electron chi connectivity index (χ0n) is 14.4. The maximum atomic E-state index is 2.36. The summed E-state index contributed by atoms with van der Waals surface area (Å²) < 4.78 is 0. The molecule has 112 valence electrons. The summed E-state index contributed by atoms with van der Waals surface area (Å²) in [5.74, 6) is 1.04. The molecular formula is C19H36. The highest BCUT2D eigenvalue weighted by Gasteiger charge is 2.05. The van der Waals surface area contributed by atoms with E-state index in [0.717, 1.165) is 5.92 Å². The molecule has 0 nitrogen and oxygen atoms in total. The van der Waals surface area contributed by atoms with Crippen LogP contribution in [-0.4, -0.2) is 0 Å². The highest BCUT2D eigenvalue weighted by atomic mass is 14.1. The van der Waals surface area contributed by atoms with Crippen molar-refractivity contribution in [1.82, 2.24) is 0 Å². The van der Waals surface area contributed by atoms with Crippen molar-refractivity contribution in [2.45, 2.75) is 80.6 Å². The maximum Gasteiger partial charge on any atom is -0.0398 e. The quantitative estimate of drug-likeness (QED) is 0.476. The molecule has 0 N–H and O–H groups in total. The Kier molecular flexibility index (Phi) is 16.5. The van der Waals surface area contributed by atoms with Crippen LogP contribution in [0.5, 0.6) is 0 Å². The highest BCUT2D eigenvalue weighted by molar-refractivity contribution is 5.19. The smallest absolute Gasteiger partial charge is 0.0398 e. The van der Waals surface area contributed by atoms with Gasteiger partial charge in [0.2, 0.25) is 0 Å². The van der Waals surface area contributed by atoms with Gasteiger partial charge in [0.15, 0.2) is 0 Å². The molecule has 0 amide bonds. The molecule has 0 aromatic heterocycles. The van der Waals surface area contributed by atoms with Gasteiger partial charge in [0, 0.05) is 0 Å². The van der Waals surface area contributed by atoms with Crippen LogP contribution < -0.4 is 0 Å². The van der Waals surface area contributed by atoms with E-state index in [2.05, 4.69) is 45.0 Å². The van der Waals surface area contributed by atoms with Crippen LogP contribution in [0.2, 0.25) is 0 Å². The normalized spacial score (nSPS) is 13.8. The van der Waals surface area contributed by atoms with Crippen LogP contribution in [0.25, 0.3) is 0 Å². The fourth-order valence-corrected chi connectivity index (χ4v) is 1.94. The van der Waals surface area contributed by atoms with Gasteiger partial charge < -0.3 is 0 Å². The first-order chi connectivity index (χ1) is 9.18. The molecule has 1 aliphatic carbocycles. The minimum atomic E-state index is 1.04. The lowest BCUT2D eigenvalue weighted by Crippen LogP contribution is -1.99. The predicted molar refractivity (Wildman–Crippen MR) is 90.9 cm³/mol. The molecule has 1 saturated carbocycles. The molecule has 0 radical (unpaired) electrons. The predicted octanol–water partition coefficient (Wildman–Crippen LogP) is 6.94. The zero-order chi connectivity index (χ0) is 15.1. The van der Waals surface area contributed by atoms with E-state index in [0.29, 0.717) is 0 Å². The lowest BCUT2D eigenvalue weighted by atomic mass is 9.91. The number of benzene rings is 1. The van der Waals surface area contributed by atoms with Crippen LogP contribution in [0.4, 0.5) is 0 Å². The summed E-state index contributed by atoms with van der Waals surface area (Å²) in [6.07, 6.45) is 7.44. The summed E-state index contributed by atoms with van der Waals surface area (Å²) >= 11 is 0. The third-order valence-corrected chi connectivity index (χ3v) is 3.11. The van der Waals surface area contributed by atoms with Gasteiger partial charge in [-0.05, 0) is 19.8 Å². The fraction of sp³-hybridized carbons (Fsp3) is 0.684. The van der Waals surface area contributed by atoms with E-state index in [1.165, 1.54) is 43.2 Å². The summed E-state index contributed by atoms with van der Waals surface area (Å²) in [5, 5.41) is 0. The second-order valence-electron chi connectivity index (χ2n) is 4.90. The minimum Gasteiger partial charge on any atom is -0.0683 e. The van der Waals surface area contributed by atoms with Crippen molar-refractivity contribution in [3.63, 3.8) is 0 Å². The first-order valence-corrected chi connectivity index (χ1v) is 8.22. The molecule has 1 aromatic rings. The Morgan fingerprint density at radius 3 is 1.21 bits per heavy atom. The molecule has 0 spiro atoms. The Labute approximate surface area is 122 Å². The number of aryl methyl sites for hydroxylation is 2. The van der Waals surface area contributed by atoms with Gasteiger partial charge in [0.1, 0.15) is 0 Å². The highest BCUT2D eigenvalue weighted by Crippen LogP contribution is 2.22. The summed E-state index contributed by atoms with van der Waals surface area (Å²) in [6.45, 7) is 14.6. The van der Waals surface area contributed by atoms with E-state index in [9.17, 15) is 0 Å². The van der Waals surface area contributed by atoms with E-state index in [1.807, 2.05) is 27.7 Å². The molecule has 0 saturated heterocycles. The summed E-state index contributed by atoms with van der Waals surface area (Å²) in [5.41, 5.74) is 2.66. The van der Waals surface area contributed by atoms with Gasteiger partial charge in [-0.3, -0.25) is 0 Å². The van der Waals surface area contributed by atoms with Crippen LogP contribution in [0, 0.1) is 19.8 Å². The molecule has 1 aliphatic rings. The van der Waals surface area contributed by atoms with Gasteiger partial charge in [-0.25, -0.2) is 0 Å². The van der Waals surface area contributed by atoms with Gasteiger partial charge in [0.25, 0.3) is 0 Å². The van der Waals surface area contributed by atoms with E-state index >= 15 is 0 Å². The molecule has 0 atom stereocenters. The monoisotopic (exact) mass is 264 g/mol. The maximum absolute atomic E-state index is 2.36. The van der Waals surface area contributed by atoms with Gasteiger partial charge in [0.05, 0.1) is 0 Å². The Hall–Kier alpha value is -0.780. The largest absolute Gasteiger partial charge is 0.0683 e. The number of hydrogen-bond acceptors (Lipinski definition) is 0. The first kappa shape index (κ1) is 20.5. The van der Waals surface area contributed by atoms with Crippen LogP contribution >= 0.6 is 0 Å². The van der Waals surface area contributed by atoms with Crippen molar-refractivity contribution in [1.29, 1.82) is 0 Å². The standard InChI is InChI=1S/C8H10.C7H14.2C2H6/c1-7-3-5-8(2)6-4-7;1-7-5-3-2-4-6-7;2*1-2/h3-6H,1-2H3;7H,2-6H2,1H3;2*1-2H3. The van der Waals surface area contributed by atoms with Crippen molar-refractivity contribution in [2.24, 2.45) is 5.92 Å². The Morgan fingerprint density at radius 2 is 1.00 bits per heavy atom. The Bertz CT molecular complexity index is 231. The Balaban J connectivity index is 0. The van der Waals surface area contributed by atoms with Crippen LogP contribution in [0.15, 0.2) is 24.3 Å². The Morgan fingerprint density at radius 1 is 0.684 bits per heavy atom. The molecule has 2 rings (SSSR count). The van der Waals surface area contributed by atoms with Crippen molar-refractivity contribution >= 4 is 0 Å². The lowest BCUT2D eigenvalue weighted by Gasteiger charge is -2.15. The van der Waals surface area contributed by atoms with E-state index in [1.54, 1.807) is 0 Å². The first-order valence-electron chi connectivity index (χ1n) is 8.22. The average molecular weight is 264 g/mol. The molecule has 0 bridgehead atoms. The van der Waals surface area contributed by atoms with Gasteiger partial charge in [-0.1, -0.05) is 102 Å². The van der Waals surface area contributed by atoms with Crippen molar-refractivity contribution in [3.8, 4) is 0 Å². The molecule has 0 heterocycles. The summed E-state index contributed by atoms with van der Waals surface area (Å²) in [6, 6.07) is 8.48. The summed E-state index contributed by atoms with van der Waals surface area (Å²) in [7, 11) is 0. The second kappa shape index (κ2) is 15.3. The number of hydrogen-bond donors (Lipinski definition) is 0. The minimum absolute atomic E-state index is 1.04. The van der Waals surface area contributed by atoms with Crippen molar-refractivity contribution < 1.29 is 0 Å². The third kappa shape index (κ3) is 13.5. The van der Waals surface area contributed by atoms with Gasteiger partial charge >= 0.3 is 0 Å². The molecule has 1 aromatic carbocycles. The molecule has 19 heavy (non-hydrogen) atoms. The molecule has 0 heteroatoms. The summed E-state index contributed by atoms with van der Waals surface area (Å²) in [4.78, 5) is 0.